The molecule has 0 bridgehead atoms. The van der Waals surface area contributed by atoms with Gasteiger partial charge in [0.05, 0.1) is 0 Å². The number of hydrogen-bond donors (Lipinski definition) is 0. The third kappa shape index (κ3) is 12.3. The zero-order valence-corrected chi connectivity index (χ0v) is 14.2. The van der Waals surface area contributed by atoms with E-state index in [1.807, 2.05) is 25.8 Å². The molecular formula is C18H35NO. The van der Waals surface area contributed by atoms with Gasteiger partial charge in [-0.1, -0.05) is 70.3 Å². The smallest absolute Gasteiger partial charge is 0.246 e. The summed E-state index contributed by atoms with van der Waals surface area (Å²) in [6, 6.07) is 0. The van der Waals surface area contributed by atoms with E-state index in [0.29, 0.717) is 0 Å². The van der Waals surface area contributed by atoms with E-state index in [0.717, 1.165) is 18.5 Å². The van der Waals surface area contributed by atoms with E-state index in [4.69, 9.17) is 0 Å². The van der Waals surface area contributed by atoms with Gasteiger partial charge in [-0.25, -0.2) is 0 Å². The Hall–Kier alpha value is -0.790. The molecular weight excluding hydrogens is 246 g/mol. The van der Waals surface area contributed by atoms with Gasteiger partial charge in [0, 0.05) is 19.7 Å². The predicted molar refractivity (Wildman–Crippen MR) is 88.9 cm³/mol. The lowest BCUT2D eigenvalue weighted by Gasteiger charge is -2.15. The molecule has 0 saturated carbocycles. The van der Waals surface area contributed by atoms with Crippen LogP contribution in [0, 0.1) is 0 Å². The van der Waals surface area contributed by atoms with E-state index in [1.165, 1.54) is 57.8 Å². The second-order valence-corrected chi connectivity index (χ2v) is 6.16. The van der Waals surface area contributed by atoms with E-state index in [2.05, 4.69) is 6.92 Å². The number of hydrogen-bond acceptors (Lipinski definition) is 1. The maximum Gasteiger partial charge on any atom is 0.246 e. The third-order valence-electron chi connectivity index (χ3n) is 3.64. The van der Waals surface area contributed by atoms with Crippen molar-refractivity contribution in [1.29, 1.82) is 0 Å². The molecule has 0 aromatic rings. The summed E-state index contributed by atoms with van der Waals surface area (Å²) in [6.07, 6.45) is 15.1. The molecule has 0 N–H and O–H groups in total. The monoisotopic (exact) mass is 281 g/mol. The Labute approximate surface area is 126 Å². The number of rotatable bonds is 12. The van der Waals surface area contributed by atoms with Crippen LogP contribution in [0.1, 0.15) is 85.0 Å². The van der Waals surface area contributed by atoms with E-state index in [1.54, 1.807) is 6.08 Å². The van der Waals surface area contributed by atoms with Crippen molar-refractivity contribution in [2.75, 3.05) is 13.6 Å². The standard InChI is InChI=1S/C18H35NO/c1-5-6-7-8-9-10-11-12-13-14-15-19(4)18(20)16-17(2)3/h16H,5-15H2,1-4H3. The lowest BCUT2D eigenvalue weighted by Crippen LogP contribution is -2.26. The second kappa shape index (κ2) is 13.2. The summed E-state index contributed by atoms with van der Waals surface area (Å²) in [5, 5.41) is 0. The van der Waals surface area contributed by atoms with Gasteiger partial charge in [0.1, 0.15) is 0 Å². The minimum Gasteiger partial charge on any atom is -0.342 e. The predicted octanol–water partition coefficient (Wildman–Crippen LogP) is 5.33. The lowest BCUT2D eigenvalue weighted by atomic mass is 10.1. The van der Waals surface area contributed by atoms with Crippen LogP contribution in [0.5, 0.6) is 0 Å². The van der Waals surface area contributed by atoms with E-state index >= 15 is 0 Å². The molecule has 0 atom stereocenters. The molecule has 0 saturated heterocycles. The number of unbranched alkanes of at least 4 members (excludes halogenated alkanes) is 9. The largest absolute Gasteiger partial charge is 0.342 e. The topological polar surface area (TPSA) is 20.3 Å². The van der Waals surface area contributed by atoms with Gasteiger partial charge in [0.2, 0.25) is 5.91 Å². The van der Waals surface area contributed by atoms with Crippen molar-refractivity contribution in [3.63, 3.8) is 0 Å². The molecule has 0 unspecified atom stereocenters. The zero-order valence-electron chi connectivity index (χ0n) is 14.2. The van der Waals surface area contributed by atoms with Gasteiger partial charge < -0.3 is 4.90 Å². The fourth-order valence-electron chi connectivity index (χ4n) is 2.30. The molecule has 0 aliphatic heterocycles. The summed E-state index contributed by atoms with van der Waals surface area (Å²) in [7, 11) is 1.90. The average molecular weight is 281 g/mol. The Kier molecular flexibility index (Phi) is 12.7. The fourth-order valence-corrected chi connectivity index (χ4v) is 2.30. The first-order chi connectivity index (χ1) is 9.57. The van der Waals surface area contributed by atoms with Crippen LogP contribution in [-0.2, 0) is 4.79 Å². The molecule has 0 aromatic carbocycles. The van der Waals surface area contributed by atoms with E-state index < -0.39 is 0 Å². The van der Waals surface area contributed by atoms with Crippen LogP contribution in [0.3, 0.4) is 0 Å². The highest BCUT2D eigenvalue weighted by atomic mass is 16.2. The number of carbonyl (C=O) groups is 1. The SMILES string of the molecule is CCCCCCCCCCCCN(C)C(=O)C=C(C)C. The summed E-state index contributed by atoms with van der Waals surface area (Å²) in [4.78, 5) is 13.5. The maximum atomic E-state index is 11.7. The van der Waals surface area contributed by atoms with Crippen molar-refractivity contribution in [2.45, 2.75) is 85.0 Å². The van der Waals surface area contributed by atoms with Gasteiger partial charge in [0.15, 0.2) is 0 Å². The molecule has 2 nitrogen and oxygen atoms in total. The summed E-state index contributed by atoms with van der Waals surface area (Å²) in [5.41, 5.74) is 1.07. The third-order valence-corrected chi connectivity index (χ3v) is 3.64. The van der Waals surface area contributed by atoms with Crippen molar-refractivity contribution < 1.29 is 4.79 Å². The number of amides is 1. The normalized spacial score (nSPS) is 10.4. The van der Waals surface area contributed by atoms with Gasteiger partial charge in [-0.2, -0.15) is 0 Å². The zero-order chi connectivity index (χ0) is 15.2. The molecule has 0 spiro atoms. The molecule has 0 rings (SSSR count). The number of nitrogens with zero attached hydrogens (tertiary/aromatic N) is 1. The van der Waals surface area contributed by atoms with E-state index in [-0.39, 0.29) is 5.91 Å². The van der Waals surface area contributed by atoms with Crippen LogP contribution < -0.4 is 0 Å². The Morgan fingerprint density at radius 2 is 1.30 bits per heavy atom. The van der Waals surface area contributed by atoms with Gasteiger partial charge in [0.25, 0.3) is 0 Å². The first kappa shape index (κ1) is 19.2. The van der Waals surface area contributed by atoms with Gasteiger partial charge in [-0.15, -0.1) is 0 Å². The molecule has 118 valence electrons. The van der Waals surface area contributed by atoms with Crippen molar-refractivity contribution in [1.82, 2.24) is 4.90 Å². The molecule has 20 heavy (non-hydrogen) atoms. The fraction of sp³-hybridized carbons (Fsp3) is 0.833. The summed E-state index contributed by atoms with van der Waals surface area (Å²) in [5.74, 6) is 0.140. The van der Waals surface area contributed by atoms with Crippen LogP contribution >= 0.6 is 0 Å². The van der Waals surface area contributed by atoms with Crippen LogP contribution in [0.15, 0.2) is 11.6 Å². The van der Waals surface area contributed by atoms with Crippen molar-refractivity contribution in [2.24, 2.45) is 0 Å². The van der Waals surface area contributed by atoms with Crippen molar-refractivity contribution in [3.05, 3.63) is 11.6 Å². The first-order valence-corrected chi connectivity index (χ1v) is 8.48. The second-order valence-electron chi connectivity index (χ2n) is 6.16. The Morgan fingerprint density at radius 1 is 0.850 bits per heavy atom. The molecule has 0 aliphatic carbocycles. The molecule has 0 heterocycles. The first-order valence-electron chi connectivity index (χ1n) is 8.48. The maximum absolute atomic E-state index is 11.7. The number of likely N-dealkylation sites (N-methyl/N-ethyl adjacent to an activating group) is 1. The molecule has 0 aliphatic rings. The molecule has 2 heteroatoms. The van der Waals surface area contributed by atoms with Gasteiger partial charge in [-0.05, 0) is 20.3 Å². The average Bonchev–Trinajstić information content (AvgIpc) is 2.39. The number of carbonyl (C=O) groups excluding carboxylic acids is 1. The van der Waals surface area contributed by atoms with Crippen LogP contribution in [0.25, 0.3) is 0 Å². The van der Waals surface area contributed by atoms with Crippen LogP contribution in [0.2, 0.25) is 0 Å². The molecule has 0 aromatic heterocycles. The molecule has 0 radical (unpaired) electrons. The minimum absolute atomic E-state index is 0.140. The molecule has 1 amide bonds. The van der Waals surface area contributed by atoms with Crippen LogP contribution in [-0.4, -0.2) is 24.4 Å². The minimum atomic E-state index is 0.140. The summed E-state index contributed by atoms with van der Waals surface area (Å²) < 4.78 is 0. The van der Waals surface area contributed by atoms with Crippen LogP contribution in [0.4, 0.5) is 0 Å². The Bertz CT molecular complexity index is 267. The van der Waals surface area contributed by atoms with Gasteiger partial charge >= 0.3 is 0 Å². The Balaban J connectivity index is 3.35. The van der Waals surface area contributed by atoms with Crippen molar-refractivity contribution >= 4 is 5.91 Å². The quantitative estimate of drug-likeness (QED) is 0.349. The highest BCUT2D eigenvalue weighted by Gasteiger charge is 2.04. The van der Waals surface area contributed by atoms with Crippen molar-refractivity contribution in [3.8, 4) is 0 Å². The molecule has 0 fully saturated rings. The Morgan fingerprint density at radius 3 is 1.75 bits per heavy atom. The van der Waals surface area contributed by atoms with E-state index in [9.17, 15) is 4.79 Å². The lowest BCUT2D eigenvalue weighted by molar-refractivity contribution is -0.124. The highest BCUT2D eigenvalue weighted by Crippen LogP contribution is 2.10. The summed E-state index contributed by atoms with van der Waals surface area (Å²) in [6.45, 7) is 7.08. The van der Waals surface area contributed by atoms with Gasteiger partial charge in [-0.3, -0.25) is 4.79 Å². The summed E-state index contributed by atoms with van der Waals surface area (Å²) >= 11 is 0. The highest BCUT2D eigenvalue weighted by molar-refractivity contribution is 5.87. The number of allylic oxidation sites excluding steroid dienone is 1.